The first-order chi connectivity index (χ1) is 10.1. The van der Waals surface area contributed by atoms with Crippen LogP contribution in [0.2, 0.25) is 4.34 Å². The zero-order chi connectivity index (χ0) is 14.8. The van der Waals surface area contributed by atoms with Crippen LogP contribution in [0.15, 0.2) is 40.8 Å². The number of anilines is 1. The van der Waals surface area contributed by atoms with Gasteiger partial charge in [0.15, 0.2) is 0 Å². The number of nitrogens with zero attached hydrogens (tertiary/aromatic N) is 2. The molecule has 21 heavy (non-hydrogen) atoms. The van der Waals surface area contributed by atoms with Crippen LogP contribution >= 0.6 is 45.5 Å². The number of aromatic nitrogens is 2. The smallest absolute Gasteiger partial charge is 0.322 e. The van der Waals surface area contributed by atoms with E-state index < -0.39 is 0 Å². The molecule has 3 aromatic rings. The lowest BCUT2D eigenvalue weighted by Crippen LogP contribution is -2.13. The van der Waals surface area contributed by atoms with E-state index in [1.54, 1.807) is 24.3 Å². The number of hydrogen-bond donors (Lipinski definition) is 1. The van der Waals surface area contributed by atoms with Crippen molar-refractivity contribution in [2.45, 2.75) is 0 Å². The van der Waals surface area contributed by atoms with Gasteiger partial charge in [0, 0.05) is 3.57 Å². The SMILES string of the molecule is O=C(Nc1nnc(-c2ccc(Cl)s2)o1)c1ccccc1I. The van der Waals surface area contributed by atoms with Crippen LogP contribution in [-0.2, 0) is 0 Å². The van der Waals surface area contributed by atoms with Gasteiger partial charge >= 0.3 is 6.01 Å². The summed E-state index contributed by atoms with van der Waals surface area (Å²) in [5.74, 6) is 0.0318. The summed E-state index contributed by atoms with van der Waals surface area (Å²) in [6.07, 6.45) is 0. The van der Waals surface area contributed by atoms with Gasteiger partial charge in [-0.25, -0.2) is 0 Å². The number of rotatable bonds is 3. The lowest BCUT2D eigenvalue weighted by Gasteiger charge is -2.02. The van der Waals surface area contributed by atoms with Crippen LogP contribution in [0.5, 0.6) is 0 Å². The Bertz CT molecular complexity index is 802. The molecule has 2 aromatic heterocycles. The second-order valence-corrected chi connectivity index (χ2v) is 6.83. The molecule has 0 saturated carbocycles. The molecule has 1 N–H and O–H groups in total. The molecule has 1 amide bonds. The third-order valence-electron chi connectivity index (χ3n) is 2.55. The summed E-state index contributed by atoms with van der Waals surface area (Å²) in [4.78, 5) is 12.9. The maximum absolute atomic E-state index is 12.1. The van der Waals surface area contributed by atoms with Crippen molar-refractivity contribution >= 4 is 57.5 Å². The Balaban J connectivity index is 1.79. The Morgan fingerprint density at radius 3 is 2.76 bits per heavy atom. The van der Waals surface area contributed by atoms with Gasteiger partial charge < -0.3 is 4.42 Å². The molecule has 0 spiro atoms. The van der Waals surface area contributed by atoms with E-state index in [2.05, 4.69) is 38.1 Å². The van der Waals surface area contributed by atoms with Crippen molar-refractivity contribution < 1.29 is 9.21 Å². The minimum Gasteiger partial charge on any atom is -0.402 e. The summed E-state index contributed by atoms with van der Waals surface area (Å²) >= 11 is 9.28. The minimum absolute atomic E-state index is 0.0548. The summed E-state index contributed by atoms with van der Waals surface area (Å²) in [6, 6.07) is 10.8. The summed E-state index contributed by atoms with van der Waals surface area (Å²) in [7, 11) is 0. The molecule has 0 aliphatic carbocycles. The fourth-order valence-corrected chi connectivity index (χ4v) is 3.21. The molecule has 2 heterocycles. The van der Waals surface area contributed by atoms with Gasteiger partial charge in [-0.05, 0) is 46.9 Å². The average molecular weight is 432 g/mol. The molecular weight excluding hydrogens is 425 g/mol. The van der Waals surface area contributed by atoms with Gasteiger partial charge in [0.25, 0.3) is 11.8 Å². The predicted octanol–water partition coefficient (Wildman–Crippen LogP) is 4.31. The molecule has 0 aliphatic rings. The van der Waals surface area contributed by atoms with E-state index in [1.165, 1.54) is 11.3 Å². The van der Waals surface area contributed by atoms with Gasteiger partial charge in [-0.2, -0.15) is 0 Å². The minimum atomic E-state index is -0.292. The highest BCUT2D eigenvalue weighted by Crippen LogP contribution is 2.30. The number of carbonyl (C=O) groups excluding carboxylic acids is 1. The van der Waals surface area contributed by atoms with Crippen molar-refractivity contribution in [2.75, 3.05) is 5.32 Å². The Labute approximate surface area is 142 Å². The van der Waals surface area contributed by atoms with Gasteiger partial charge in [-0.1, -0.05) is 28.8 Å². The zero-order valence-electron chi connectivity index (χ0n) is 10.3. The van der Waals surface area contributed by atoms with Gasteiger partial charge in [-0.15, -0.1) is 16.4 Å². The quantitative estimate of drug-likeness (QED) is 0.628. The van der Waals surface area contributed by atoms with E-state index in [9.17, 15) is 4.79 Å². The van der Waals surface area contributed by atoms with E-state index in [-0.39, 0.29) is 11.9 Å². The van der Waals surface area contributed by atoms with Crippen molar-refractivity contribution in [3.8, 4) is 10.8 Å². The van der Waals surface area contributed by atoms with Crippen LogP contribution in [0.4, 0.5) is 6.01 Å². The average Bonchev–Trinajstić information content (AvgIpc) is 3.08. The van der Waals surface area contributed by atoms with Crippen LogP contribution in [0.3, 0.4) is 0 Å². The first-order valence-electron chi connectivity index (χ1n) is 5.78. The van der Waals surface area contributed by atoms with Crippen molar-refractivity contribution in [1.82, 2.24) is 10.2 Å². The number of amides is 1. The Morgan fingerprint density at radius 2 is 2.05 bits per heavy atom. The van der Waals surface area contributed by atoms with E-state index in [1.807, 2.05) is 12.1 Å². The fraction of sp³-hybridized carbons (Fsp3) is 0. The third kappa shape index (κ3) is 3.25. The molecular formula is C13H7ClIN3O2S. The van der Waals surface area contributed by atoms with Crippen LogP contribution in [0.25, 0.3) is 10.8 Å². The maximum Gasteiger partial charge on any atom is 0.322 e. The maximum atomic E-state index is 12.1. The van der Waals surface area contributed by atoms with Crippen LogP contribution in [-0.4, -0.2) is 16.1 Å². The van der Waals surface area contributed by atoms with Crippen molar-refractivity contribution in [3.63, 3.8) is 0 Å². The lowest BCUT2D eigenvalue weighted by atomic mass is 10.2. The second-order valence-electron chi connectivity index (χ2n) is 3.95. The molecule has 8 heteroatoms. The summed E-state index contributed by atoms with van der Waals surface area (Å²) in [6.45, 7) is 0. The van der Waals surface area contributed by atoms with Crippen molar-refractivity contribution in [3.05, 3.63) is 49.9 Å². The standard InChI is InChI=1S/C13H7ClIN3O2S/c14-10-6-5-9(21-10)12-17-18-13(20-12)16-11(19)7-3-1-2-4-8(7)15/h1-6H,(H,16,18,19). The van der Waals surface area contributed by atoms with E-state index in [0.717, 1.165) is 8.45 Å². The fourth-order valence-electron chi connectivity index (χ4n) is 1.61. The Kier molecular flexibility index (Phi) is 4.22. The molecule has 0 radical (unpaired) electrons. The van der Waals surface area contributed by atoms with Gasteiger partial charge in [0.2, 0.25) is 0 Å². The first-order valence-corrected chi connectivity index (χ1v) is 8.06. The highest BCUT2D eigenvalue weighted by atomic mass is 127. The van der Waals surface area contributed by atoms with E-state index in [0.29, 0.717) is 15.8 Å². The van der Waals surface area contributed by atoms with Gasteiger partial charge in [0.05, 0.1) is 14.8 Å². The van der Waals surface area contributed by atoms with Crippen LogP contribution in [0.1, 0.15) is 10.4 Å². The van der Waals surface area contributed by atoms with Crippen LogP contribution in [0, 0.1) is 3.57 Å². The number of nitrogens with one attached hydrogen (secondary N) is 1. The number of halogens is 2. The summed E-state index contributed by atoms with van der Waals surface area (Å²) in [5, 5.41) is 10.3. The predicted molar refractivity (Wildman–Crippen MR) is 89.7 cm³/mol. The van der Waals surface area contributed by atoms with E-state index >= 15 is 0 Å². The largest absolute Gasteiger partial charge is 0.402 e. The monoisotopic (exact) mass is 431 g/mol. The number of hydrogen-bond acceptors (Lipinski definition) is 5. The second kappa shape index (κ2) is 6.12. The molecule has 106 valence electrons. The highest BCUT2D eigenvalue weighted by molar-refractivity contribution is 14.1. The van der Waals surface area contributed by atoms with Crippen molar-refractivity contribution in [1.29, 1.82) is 0 Å². The molecule has 5 nitrogen and oxygen atoms in total. The Hall–Kier alpha value is -1.45. The van der Waals surface area contributed by atoms with Crippen molar-refractivity contribution in [2.24, 2.45) is 0 Å². The first kappa shape index (κ1) is 14.5. The molecule has 0 aliphatic heterocycles. The molecule has 0 fully saturated rings. The lowest BCUT2D eigenvalue weighted by molar-refractivity contribution is 0.102. The van der Waals surface area contributed by atoms with E-state index in [4.69, 9.17) is 16.0 Å². The third-order valence-corrected chi connectivity index (χ3v) is 4.71. The summed E-state index contributed by atoms with van der Waals surface area (Å²) < 4.78 is 6.89. The van der Waals surface area contributed by atoms with Gasteiger partial charge in [0.1, 0.15) is 0 Å². The molecule has 1 aromatic carbocycles. The number of benzene rings is 1. The van der Waals surface area contributed by atoms with Gasteiger partial charge in [-0.3, -0.25) is 10.1 Å². The molecule has 0 bridgehead atoms. The topological polar surface area (TPSA) is 68.0 Å². The highest BCUT2D eigenvalue weighted by Gasteiger charge is 2.15. The Morgan fingerprint density at radius 1 is 1.24 bits per heavy atom. The number of thiophene rings is 1. The van der Waals surface area contributed by atoms with Crippen LogP contribution < -0.4 is 5.32 Å². The molecule has 3 rings (SSSR count). The zero-order valence-corrected chi connectivity index (χ0v) is 14.1. The number of carbonyl (C=O) groups is 1. The molecule has 0 atom stereocenters. The molecule has 0 saturated heterocycles. The normalized spacial score (nSPS) is 10.6. The molecule has 0 unspecified atom stereocenters. The summed E-state index contributed by atoms with van der Waals surface area (Å²) in [5.41, 5.74) is 0.553.